The van der Waals surface area contributed by atoms with Crippen LogP contribution in [0.25, 0.3) is 33.8 Å². The van der Waals surface area contributed by atoms with Crippen molar-refractivity contribution in [1.82, 2.24) is 0 Å². The van der Waals surface area contributed by atoms with Crippen LogP contribution in [0.3, 0.4) is 0 Å². The fourth-order valence-corrected chi connectivity index (χ4v) is 20.4. The molecule has 3 aromatic carbocycles. The average molecular weight is 623 g/mol. The van der Waals surface area contributed by atoms with Crippen molar-refractivity contribution in [2.45, 2.75) is 116 Å². The van der Waals surface area contributed by atoms with Crippen molar-refractivity contribution in [2.75, 3.05) is 0 Å². The summed E-state index contributed by atoms with van der Waals surface area (Å²) in [4.78, 5) is 0. The van der Waals surface area contributed by atoms with Crippen LogP contribution in [-0.2, 0) is 0 Å². The molecule has 2 heterocycles. The number of hydrogen-bond acceptors (Lipinski definition) is 2. The summed E-state index contributed by atoms with van der Waals surface area (Å²) < 4.78 is 13.8. The number of ether oxygens (including phenoxy) is 2. The molecular weight excluding hydrogens is 569 g/mol. The van der Waals surface area contributed by atoms with Crippen LogP contribution < -0.4 is 9.47 Å². The number of rotatable bonds is 8. The molecular formula is C40H54O2Si2. The molecule has 2 nitrogen and oxygen atoms in total. The molecule has 0 saturated carbocycles. The monoisotopic (exact) mass is 622 g/mol. The molecule has 0 fully saturated rings. The van der Waals surface area contributed by atoms with Gasteiger partial charge in [-0.2, -0.15) is 0 Å². The molecule has 0 saturated heterocycles. The highest BCUT2D eigenvalue weighted by atomic mass is 28.3. The Labute approximate surface area is 269 Å². The second kappa shape index (κ2) is 12.2. The van der Waals surface area contributed by atoms with E-state index < -0.39 is 16.1 Å². The maximum atomic E-state index is 6.90. The van der Waals surface area contributed by atoms with Gasteiger partial charge in [0, 0.05) is 22.3 Å². The predicted molar refractivity (Wildman–Crippen MR) is 197 cm³/mol. The third-order valence-electron chi connectivity index (χ3n) is 11.2. The first-order chi connectivity index (χ1) is 20.7. The van der Waals surface area contributed by atoms with Gasteiger partial charge in [0.05, 0.1) is 16.1 Å². The van der Waals surface area contributed by atoms with E-state index in [1.54, 1.807) is 0 Å². The first-order valence-corrected chi connectivity index (χ1v) is 21.6. The van der Waals surface area contributed by atoms with Gasteiger partial charge in [-0.05, 0) is 68.6 Å². The highest BCUT2D eigenvalue weighted by Crippen LogP contribution is 2.53. The van der Waals surface area contributed by atoms with Crippen molar-refractivity contribution in [3.63, 3.8) is 0 Å². The Morgan fingerprint density at radius 2 is 0.705 bits per heavy atom. The Bertz CT molecular complexity index is 1430. The van der Waals surface area contributed by atoms with Crippen LogP contribution in [0.2, 0.25) is 33.2 Å². The Kier molecular flexibility index (Phi) is 9.01. The minimum atomic E-state index is -1.91. The lowest BCUT2D eigenvalue weighted by Crippen LogP contribution is -2.43. The van der Waals surface area contributed by atoms with Crippen LogP contribution in [0.5, 0.6) is 11.5 Å². The van der Waals surface area contributed by atoms with Crippen molar-refractivity contribution in [3.05, 3.63) is 83.2 Å². The SMILES string of the molecule is CC(C)[Si](/C=C1\Oc2ccccc2-c2cc3c(cc21)-c1ccccc1O/C3=C\[Si](C(C)C)(C(C)C)C(C)C)(C(C)C)C(C)C. The van der Waals surface area contributed by atoms with Crippen molar-refractivity contribution in [3.8, 4) is 33.8 Å². The van der Waals surface area contributed by atoms with Crippen LogP contribution in [0.4, 0.5) is 0 Å². The summed E-state index contributed by atoms with van der Waals surface area (Å²) in [6.07, 6.45) is 0. The average Bonchev–Trinajstić information content (AvgIpc) is 2.96. The zero-order valence-corrected chi connectivity index (χ0v) is 31.2. The minimum Gasteiger partial charge on any atom is -0.457 e. The van der Waals surface area contributed by atoms with E-state index in [1.807, 2.05) is 0 Å². The Balaban J connectivity index is 1.86. The topological polar surface area (TPSA) is 18.5 Å². The van der Waals surface area contributed by atoms with Gasteiger partial charge in [-0.15, -0.1) is 0 Å². The fraction of sp³-hybridized carbons (Fsp3) is 0.450. The summed E-state index contributed by atoms with van der Waals surface area (Å²) in [5.74, 6) is 3.97. The molecule has 2 aliphatic rings. The summed E-state index contributed by atoms with van der Waals surface area (Å²) in [6, 6.07) is 22.0. The molecule has 0 aliphatic carbocycles. The zero-order chi connectivity index (χ0) is 32.1. The zero-order valence-electron chi connectivity index (χ0n) is 29.2. The van der Waals surface area contributed by atoms with Gasteiger partial charge in [0.25, 0.3) is 0 Å². The number of fused-ring (bicyclic) bond motifs is 6. The Morgan fingerprint density at radius 1 is 0.409 bits per heavy atom. The van der Waals surface area contributed by atoms with Gasteiger partial charge in [-0.25, -0.2) is 0 Å². The first kappa shape index (κ1) is 32.6. The lowest BCUT2D eigenvalue weighted by Gasteiger charge is -2.42. The van der Waals surface area contributed by atoms with Crippen LogP contribution in [-0.4, -0.2) is 16.1 Å². The molecule has 0 N–H and O–H groups in total. The molecule has 0 aromatic heterocycles. The Hall–Kier alpha value is -2.83. The normalized spacial score (nSPS) is 16.5. The molecule has 0 atom stereocenters. The molecule has 0 amide bonds. The number of para-hydroxylation sites is 2. The molecule has 3 aromatic rings. The molecule has 0 bridgehead atoms. The summed E-state index contributed by atoms with van der Waals surface area (Å²) >= 11 is 0. The van der Waals surface area contributed by atoms with Gasteiger partial charge in [-0.3, -0.25) is 0 Å². The van der Waals surface area contributed by atoms with Crippen LogP contribution in [0.15, 0.2) is 72.1 Å². The summed E-state index contributed by atoms with van der Waals surface area (Å²) in [5.41, 5.74) is 16.0. The third-order valence-corrected chi connectivity index (χ3v) is 24.8. The second-order valence-corrected chi connectivity index (χ2v) is 26.6. The molecule has 44 heavy (non-hydrogen) atoms. The van der Waals surface area contributed by atoms with Crippen LogP contribution in [0.1, 0.15) is 94.2 Å². The van der Waals surface area contributed by atoms with Gasteiger partial charge >= 0.3 is 0 Å². The quantitative estimate of drug-likeness (QED) is 0.233. The highest BCUT2D eigenvalue weighted by Gasteiger charge is 2.44. The van der Waals surface area contributed by atoms with Gasteiger partial charge < -0.3 is 9.47 Å². The van der Waals surface area contributed by atoms with E-state index in [0.717, 1.165) is 34.1 Å². The smallest absolute Gasteiger partial charge is 0.135 e. The van der Waals surface area contributed by atoms with Crippen molar-refractivity contribution in [1.29, 1.82) is 0 Å². The largest absolute Gasteiger partial charge is 0.457 e. The van der Waals surface area contributed by atoms with Gasteiger partial charge in [0.15, 0.2) is 0 Å². The highest BCUT2D eigenvalue weighted by molar-refractivity contribution is 6.89. The van der Waals surface area contributed by atoms with Crippen molar-refractivity contribution < 1.29 is 9.47 Å². The van der Waals surface area contributed by atoms with E-state index in [2.05, 4.69) is 155 Å². The van der Waals surface area contributed by atoms with Crippen molar-refractivity contribution in [2.24, 2.45) is 0 Å². The van der Waals surface area contributed by atoms with E-state index >= 15 is 0 Å². The van der Waals surface area contributed by atoms with Crippen LogP contribution >= 0.6 is 0 Å². The standard InChI is InChI=1S/C40H54O2Si2/c1-25(2)43(26(3)4,27(5)6)23-39-35-21-34-32-18-14-16-20-38(32)42-40(24-44(28(7)8,29(9)10)30(11)12)36(34)22-33(35)31-17-13-15-19-37(31)41-39/h13-30H,1-12H3/b39-23-,40-24-. The van der Waals surface area contributed by atoms with Gasteiger partial charge in [-0.1, -0.05) is 131 Å². The number of hydrogen-bond donors (Lipinski definition) is 0. The maximum absolute atomic E-state index is 6.90. The molecule has 2 aliphatic heterocycles. The lowest BCUT2D eigenvalue weighted by molar-refractivity contribution is 0.508. The first-order valence-electron chi connectivity index (χ1n) is 16.9. The van der Waals surface area contributed by atoms with E-state index in [-0.39, 0.29) is 0 Å². The van der Waals surface area contributed by atoms with E-state index in [9.17, 15) is 0 Å². The van der Waals surface area contributed by atoms with Gasteiger partial charge in [0.1, 0.15) is 23.0 Å². The maximum Gasteiger partial charge on any atom is 0.135 e. The molecule has 5 rings (SSSR count). The van der Waals surface area contributed by atoms with Crippen molar-refractivity contribution >= 4 is 27.7 Å². The summed E-state index contributed by atoms with van der Waals surface area (Å²) in [5, 5.41) is 0. The van der Waals surface area contributed by atoms with E-state index in [4.69, 9.17) is 9.47 Å². The summed E-state index contributed by atoms with van der Waals surface area (Å²) in [6.45, 7) is 29.1. The minimum absolute atomic E-state index is 0.599. The lowest BCUT2D eigenvalue weighted by atomic mass is 9.87. The predicted octanol–water partition coefficient (Wildman–Crippen LogP) is 12.9. The van der Waals surface area contributed by atoms with Crippen LogP contribution in [0, 0.1) is 0 Å². The molecule has 0 radical (unpaired) electrons. The van der Waals surface area contributed by atoms with Gasteiger partial charge in [0.2, 0.25) is 0 Å². The number of benzene rings is 3. The van der Waals surface area contributed by atoms with E-state index in [0.29, 0.717) is 33.2 Å². The molecule has 0 unspecified atom stereocenters. The fourth-order valence-electron chi connectivity index (χ4n) is 9.02. The summed E-state index contributed by atoms with van der Waals surface area (Å²) in [7, 11) is -3.83. The molecule has 234 valence electrons. The third kappa shape index (κ3) is 5.16. The second-order valence-electron chi connectivity index (χ2n) is 15.1. The Morgan fingerprint density at radius 3 is 1.00 bits per heavy atom. The van der Waals surface area contributed by atoms with E-state index in [1.165, 1.54) is 22.3 Å². The molecule has 4 heteroatoms. The molecule has 0 spiro atoms.